The summed E-state index contributed by atoms with van der Waals surface area (Å²) >= 11 is 5.74. The van der Waals surface area contributed by atoms with Gasteiger partial charge in [0.25, 0.3) is 0 Å². The maximum absolute atomic E-state index is 11.3. The Morgan fingerprint density at radius 3 is 2.57 bits per heavy atom. The number of guanidine groups is 1. The van der Waals surface area contributed by atoms with Crippen LogP contribution >= 0.6 is 11.6 Å². The fourth-order valence-corrected chi connectivity index (χ4v) is 3.13. The molecule has 0 aliphatic heterocycles. The molecule has 1 aromatic heterocycles. The van der Waals surface area contributed by atoms with E-state index in [4.69, 9.17) is 11.6 Å². The number of halogens is 1. The number of hydrogen-bond donors (Lipinski definition) is 3. The van der Waals surface area contributed by atoms with Crippen LogP contribution in [0.1, 0.15) is 19.4 Å². The summed E-state index contributed by atoms with van der Waals surface area (Å²) in [7, 11) is -1.60. The summed E-state index contributed by atoms with van der Waals surface area (Å²) < 4.78 is 25.2. The fourth-order valence-electron chi connectivity index (χ4n) is 1.94. The van der Waals surface area contributed by atoms with Gasteiger partial charge in [0, 0.05) is 31.9 Å². The van der Waals surface area contributed by atoms with Crippen molar-refractivity contribution in [2.24, 2.45) is 4.99 Å². The molecule has 23 heavy (non-hydrogen) atoms. The highest BCUT2D eigenvalue weighted by molar-refractivity contribution is 7.88. The quantitative estimate of drug-likeness (QED) is 0.379. The third-order valence-corrected chi connectivity index (χ3v) is 4.02. The van der Waals surface area contributed by atoms with Crippen molar-refractivity contribution in [3.8, 4) is 0 Å². The van der Waals surface area contributed by atoms with E-state index in [1.165, 1.54) is 0 Å². The second-order valence-corrected chi connectivity index (χ2v) is 7.99. The van der Waals surface area contributed by atoms with Crippen LogP contribution in [0.3, 0.4) is 0 Å². The first-order valence-electron chi connectivity index (χ1n) is 7.15. The van der Waals surface area contributed by atoms with Crippen LogP contribution in [0.15, 0.2) is 23.3 Å². The van der Waals surface area contributed by atoms with Crippen LogP contribution in [0.4, 0.5) is 0 Å². The van der Waals surface area contributed by atoms with E-state index in [1.54, 1.807) is 33.2 Å². The molecule has 0 spiro atoms. The Labute approximate surface area is 143 Å². The van der Waals surface area contributed by atoms with E-state index in [-0.39, 0.29) is 0 Å². The van der Waals surface area contributed by atoms with E-state index < -0.39 is 15.6 Å². The number of hydrogen-bond acceptors (Lipinski definition) is 4. The van der Waals surface area contributed by atoms with Crippen LogP contribution in [0, 0.1) is 0 Å². The molecule has 0 aliphatic rings. The molecule has 0 unspecified atom stereocenters. The van der Waals surface area contributed by atoms with Crippen molar-refractivity contribution in [2.75, 3.05) is 26.4 Å². The molecule has 0 atom stereocenters. The van der Waals surface area contributed by atoms with Gasteiger partial charge < -0.3 is 10.6 Å². The summed E-state index contributed by atoms with van der Waals surface area (Å²) in [6, 6.07) is 3.68. The minimum absolute atomic E-state index is 0.405. The van der Waals surface area contributed by atoms with Gasteiger partial charge in [0.2, 0.25) is 10.0 Å². The van der Waals surface area contributed by atoms with Gasteiger partial charge >= 0.3 is 0 Å². The molecule has 0 radical (unpaired) electrons. The van der Waals surface area contributed by atoms with Crippen LogP contribution in [-0.2, 0) is 16.4 Å². The Hall–Kier alpha value is -1.38. The lowest BCUT2D eigenvalue weighted by molar-refractivity contribution is 0.446. The molecule has 0 aromatic carbocycles. The Balaban J connectivity index is 2.41. The molecule has 3 N–H and O–H groups in total. The van der Waals surface area contributed by atoms with Crippen molar-refractivity contribution < 1.29 is 8.42 Å². The predicted molar refractivity (Wildman–Crippen MR) is 94.4 cm³/mol. The number of sulfonamides is 1. The van der Waals surface area contributed by atoms with E-state index in [0.717, 1.165) is 18.2 Å². The maximum atomic E-state index is 11.3. The van der Waals surface area contributed by atoms with Gasteiger partial charge in [0.1, 0.15) is 5.15 Å². The first kappa shape index (κ1) is 19.7. The van der Waals surface area contributed by atoms with Gasteiger partial charge in [-0.05, 0) is 31.9 Å². The molecule has 130 valence electrons. The second kappa shape index (κ2) is 8.47. The SMILES string of the molecule is CN=C(NCCc1ccc(Cl)nc1)NCC(C)(C)NS(C)(=O)=O. The zero-order chi connectivity index (χ0) is 17.5. The molecule has 1 heterocycles. The van der Waals surface area contributed by atoms with Crippen LogP contribution in [0.2, 0.25) is 5.15 Å². The van der Waals surface area contributed by atoms with Crippen LogP contribution in [-0.4, -0.2) is 51.3 Å². The summed E-state index contributed by atoms with van der Waals surface area (Å²) in [6.45, 7) is 4.67. The Kier molecular flexibility index (Phi) is 7.24. The van der Waals surface area contributed by atoms with Crippen LogP contribution in [0.5, 0.6) is 0 Å². The van der Waals surface area contributed by atoms with Gasteiger partial charge in [-0.2, -0.15) is 0 Å². The van der Waals surface area contributed by atoms with Crippen LogP contribution < -0.4 is 15.4 Å². The summed E-state index contributed by atoms with van der Waals surface area (Å²) in [5.74, 6) is 0.607. The third-order valence-electron chi connectivity index (χ3n) is 2.88. The van der Waals surface area contributed by atoms with Gasteiger partial charge in [-0.1, -0.05) is 17.7 Å². The number of pyridine rings is 1. The largest absolute Gasteiger partial charge is 0.356 e. The minimum atomic E-state index is -3.26. The first-order chi connectivity index (χ1) is 10.6. The lowest BCUT2D eigenvalue weighted by Gasteiger charge is -2.26. The summed E-state index contributed by atoms with van der Waals surface area (Å²) in [5, 5.41) is 6.74. The lowest BCUT2D eigenvalue weighted by Crippen LogP contribution is -2.53. The van der Waals surface area contributed by atoms with Crippen molar-refractivity contribution in [3.05, 3.63) is 29.0 Å². The molecule has 0 amide bonds. The lowest BCUT2D eigenvalue weighted by atomic mass is 10.1. The van der Waals surface area contributed by atoms with Gasteiger partial charge in [-0.15, -0.1) is 0 Å². The highest BCUT2D eigenvalue weighted by Gasteiger charge is 2.22. The molecule has 0 aliphatic carbocycles. The fraction of sp³-hybridized carbons (Fsp3) is 0.571. The van der Waals surface area contributed by atoms with Gasteiger partial charge in [0.05, 0.1) is 6.26 Å². The predicted octanol–water partition coefficient (Wildman–Crippen LogP) is 0.770. The highest BCUT2D eigenvalue weighted by Crippen LogP contribution is 2.05. The zero-order valence-electron chi connectivity index (χ0n) is 13.9. The Morgan fingerprint density at radius 2 is 2.04 bits per heavy atom. The Morgan fingerprint density at radius 1 is 1.35 bits per heavy atom. The van der Waals surface area contributed by atoms with Crippen molar-refractivity contribution in [1.82, 2.24) is 20.3 Å². The minimum Gasteiger partial charge on any atom is -0.356 e. The monoisotopic (exact) mass is 361 g/mol. The van der Waals surface area contributed by atoms with Crippen molar-refractivity contribution in [2.45, 2.75) is 25.8 Å². The normalized spacial score (nSPS) is 13.0. The number of nitrogens with zero attached hydrogens (tertiary/aromatic N) is 2. The molecule has 7 nitrogen and oxygen atoms in total. The number of aliphatic imine (C=N–C) groups is 1. The van der Waals surface area contributed by atoms with Crippen molar-refractivity contribution >= 4 is 27.6 Å². The van der Waals surface area contributed by atoms with Crippen molar-refractivity contribution in [3.63, 3.8) is 0 Å². The standard InChI is InChI=1S/C14H24ClN5O2S/c1-14(2,20-23(4,21)22)10-19-13(16-3)17-8-7-11-5-6-12(15)18-9-11/h5-6,9,20H,7-8,10H2,1-4H3,(H2,16,17,19). The number of rotatable bonds is 7. The van der Waals surface area contributed by atoms with E-state index in [2.05, 4.69) is 25.3 Å². The zero-order valence-corrected chi connectivity index (χ0v) is 15.4. The van der Waals surface area contributed by atoms with E-state index >= 15 is 0 Å². The molecule has 0 fully saturated rings. The highest BCUT2D eigenvalue weighted by atomic mass is 35.5. The third kappa shape index (κ3) is 8.73. The Bertz CT molecular complexity index is 629. The average Bonchev–Trinajstić information content (AvgIpc) is 2.42. The molecule has 0 saturated carbocycles. The van der Waals surface area contributed by atoms with E-state index in [0.29, 0.717) is 24.2 Å². The summed E-state index contributed by atoms with van der Waals surface area (Å²) in [5.41, 5.74) is 0.446. The molecule has 0 saturated heterocycles. The first-order valence-corrected chi connectivity index (χ1v) is 9.42. The number of nitrogens with one attached hydrogen (secondary N) is 3. The molecule has 1 rings (SSSR count). The van der Waals surface area contributed by atoms with E-state index in [1.807, 2.05) is 6.07 Å². The van der Waals surface area contributed by atoms with E-state index in [9.17, 15) is 8.42 Å². The molecule has 9 heteroatoms. The maximum Gasteiger partial charge on any atom is 0.209 e. The summed E-state index contributed by atoms with van der Waals surface area (Å²) in [4.78, 5) is 8.14. The van der Waals surface area contributed by atoms with Crippen LogP contribution in [0.25, 0.3) is 0 Å². The molecule has 0 bridgehead atoms. The van der Waals surface area contributed by atoms with Gasteiger partial charge in [-0.25, -0.2) is 18.1 Å². The number of aromatic nitrogens is 1. The smallest absolute Gasteiger partial charge is 0.209 e. The second-order valence-electron chi connectivity index (χ2n) is 5.85. The topological polar surface area (TPSA) is 95.5 Å². The molecule has 1 aromatic rings. The van der Waals surface area contributed by atoms with Gasteiger partial charge in [-0.3, -0.25) is 4.99 Å². The molecular formula is C14H24ClN5O2S. The van der Waals surface area contributed by atoms with Gasteiger partial charge in [0.15, 0.2) is 5.96 Å². The molecular weight excluding hydrogens is 338 g/mol. The van der Waals surface area contributed by atoms with Crippen molar-refractivity contribution in [1.29, 1.82) is 0 Å². The average molecular weight is 362 g/mol. The summed E-state index contributed by atoms with van der Waals surface area (Å²) in [6.07, 6.45) is 3.65.